The number of fused-ring (bicyclic) bond motifs is 4. The molecule has 124 valence electrons. The zero-order chi connectivity index (χ0) is 16.6. The minimum atomic E-state index is -0.837. The zero-order valence-electron chi connectivity index (χ0n) is 13.5. The summed E-state index contributed by atoms with van der Waals surface area (Å²) in [5.41, 5.74) is 5.69. The molecular formula is C17H22N2O4. The minimum Gasteiger partial charge on any atom is -0.468 e. The van der Waals surface area contributed by atoms with Gasteiger partial charge < -0.3 is 20.1 Å². The first kappa shape index (κ1) is 15.8. The summed E-state index contributed by atoms with van der Waals surface area (Å²) in [6.45, 7) is 2.92. The fraction of sp³-hybridized carbons (Fsp3) is 0.529. The van der Waals surface area contributed by atoms with E-state index in [0.717, 1.165) is 11.3 Å². The van der Waals surface area contributed by atoms with Crippen LogP contribution in [0.3, 0.4) is 0 Å². The molecule has 0 spiro atoms. The van der Waals surface area contributed by atoms with E-state index in [2.05, 4.69) is 0 Å². The van der Waals surface area contributed by atoms with Gasteiger partial charge in [-0.15, -0.1) is 0 Å². The molecule has 2 N–H and O–H groups in total. The Morgan fingerprint density at radius 2 is 2.22 bits per heavy atom. The van der Waals surface area contributed by atoms with Gasteiger partial charge in [0.1, 0.15) is 11.7 Å². The first-order valence-corrected chi connectivity index (χ1v) is 7.85. The van der Waals surface area contributed by atoms with Gasteiger partial charge in [0, 0.05) is 32.6 Å². The van der Waals surface area contributed by atoms with E-state index in [-0.39, 0.29) is 11.8 Å². The van der Waals surface area contributed by atoms with Gasteiger partial charge in [-0.2, -0.15) is 0 Å². The fourth-order valence-electron chi connectivity index (χ4n) is 3.75. The third kappa shape index (κ3) is 2.57. The molecule has 2 bridgehead atoms. The van der Waals surface area contributed by atoms with Crippen LogP contribution in [0.4, 0.5) is 0 Å². The van der Waals surface area contributed by atoms with Crippen LogP contribution in [0.15, 0.2) is 24.3 Å². The van der Waals surface area contributed by atoms with Crippen LogP contribution in [0.1, 0.15) is 31.2 Å². The predicted molar refractivity (Wildman–Crippen MR) is 83.7 cm³/mol. The van der Waals surface area contributed by atoms with Crippen molar-refractivity contribution in [3.8, 4) is 5.75 Å². The first-order chi connectivity index (χ1) is 11.0. The van der Waals surface area contributed by atoms with Crippen molar-refractivity contribution in [2.75, 3.05) is 20.3 Å². The largest absolute Gasteiger partial charge is 0.468 e. The number of carbonyl (C=O) groups excluding carboxylic acids is 2. The van der Waals surface area contributed by atoms with Crippen LogP contribution in [0.25, 0.3) is 0 Å². The van der Waals surface area contributed by atoms with Gasteiger partial charge in [-0.25, -0.2) is 0 Å². The number of amides is 2. The normalized spacial score (nSPS) is 29.0. The Morgan fingerprint density at radius 3 is 2.91 bits per heavy atom. The number of hydrogen-bond donors (Lipinski definition) is 1. The number of methoxy groups -OCH3 is 1. The quantitative estimate of drug-likeness (QED) is 0.654. The molecule has 1 aromatic carbocycles. The van der Waals surface area contributed by atoms with E-state index in [4.69, 9.17) is 15.2 Å². The monoisotopic (exact) mass is 318 g/mol. The lowest BCUT2D eigenvalue weighted by atomic mass is 9.73. The van der Waals surface area contributed by atoms with Gasteiger partial charge in [0.15, 0.2) is 5.72 Å². The molecule has 1 aromatic rings. The summed E-state index contributed by atoms with van der Waals surface area (Å²) in [7, 11) is 1.62. The maximum absolute atomic E-state index is 12.9. The van der Waals surface area contributed by atoms with E-state index in [1.165, 1.54) is 0 Å². The number of likely N-dealkylation sites (tertiary alicyclic amines) is 1. The molecule has 3 atom stereocenters. The number of para-hydroxylation sites is 1. The van der Waals surface area contributed by atoms with E-state index < -0.39 is 17.6 Å². The number of rotatable bonds is 5. The van der Waals surface area contributed by atoms with Gasteiger partial charge in [-0.05, 0) is 25.0 Å². The Kier molecular flexibility index (Phi) is 4.02. The van der Waals surface area contributed by atoms with Gasteiger partial charge in [0.05, 0.1) is 0 Å². The van der Waals surface area contributed by atoms with Gasteiger partial charge in [0.2, 0.25) is 11.8 Å². The lowest BCUT2D eigenvalue weighted by molar-refractivity contribution is -0.175. The number of benzene rings is 1. The van der Waals surface area contributed by atoms with Crippen molar-refractivity contribution < 1.29 is 19.1 Å². The average Bonchev–Trinajstić information content (AvgIpc) is 2.50. The second-order valence-electron chi connectivity index (χ2n) is 6.34. The number of piperidine rings is 1. The van der Waals surface area contributed by atoms with E-state index in [1.54, 1.807) is 12.0 Å². The Balaban J connectivity index is 2.00. The molecule has 6 nitrogen and oxygen atoms in total. The van der Waals surface area contributed by atoms with E-state index in [0.29, 0.717) is 26.0 Å². The van der Waals surface area contributed by atoms with Crippen molar-refractivity contribution in [3.63, 3.8) is 0 Å². The molecule has 1 fully saturated rings. The Labute approximate surface area is 135 Å². The van der Waals surface area contributed by atoms with Crippen LogP contribution in [-0.2, 0) is 14.3 Å². The molecule has 1 saturated heterocycles. The van der Waals surface area contributed by atoms with Crippen LogP contribution in [-0.4, -0.2) is 42.7 Å². The van der Waals surface area contributed by atoms with Crippen LogP contribution in [0.2, 0.25) is 0 Å². The van der Waals surface area contributed by atoms with Gasteiger partial charge in [-0.1, -0.05) is 18.2 Å². The summed E-state index contributed by atoms with van der Waals surface area (Å²) >= 11 is 0. The number of carbonyl (C=O) groups is 2. The van der Waals surface area contributed by atoms with Crippen LogP contribution < -0.4 is 10.5 Å². The highest BCUT2D eigenvalue weighted by atomic mass is 16.5. The Hall–Kier alpha value is -2.08. The SMILES string of the molecule is COCCCN1C(=O)[C@H](C(N)=O)[C@H]2C[C@@]1(C)Oc1ccccc12. The van der Waals surface area contributed by atoms with Crippen LogP contribution in [0, 0.1) is 5.92 Å². The van der Waals surface area contributed by atoms with E-state index >= 15 is 0 Å². The minimum absolute atomic E-state index is 0.228. The molecule has 0 radical (unpaired) electrons. The molecule has 6 heteroatoms. The van der Waals surface area contributed by atoms with E-state index in [1.807, 2.05) is 31.2 Å². The summed E-state index contributed by atoms with van der Waals surface area (Å²) in [4.78, 5) is 26.5. The zero-order valence-corrected chi connectivity index (χ0v) is 13.5. The first-order valence-electron chi connectivity index (χ1n) is 7.85. The molecule has 2 heterocycles. The molecule has 2 aliphatic rings. The van der Waals surface area contributed by atoms with Gasteiger partial charge >= 0.3 is 0 Å². The van der Waals surface area contributed by atoms with E-state index in [9.17, 15) is 9.59 Å². The molecule has 23 heavy (non-hydrogen) atoms. The van der Waals surface area contributed by atoms with Gasteiger partial charge in [-0.3, -0.25) is 9.59 Å². The summed E-state index contributed by atoms with van der Waals surface area (Å²) in [5.74, 6) is -1.16. The molecule has 0 unspecified atom stereocenters. The fourth-order valence-corrected chi connectivity index (χ4v) is 3.75. The third-order valence-electron chi connectivity index (χ3n) is 4.79. The maximum Gasteiger partial charge on any atom is 0.238 e. The molecule has 0 aliphatic carbocycles. The average molecular weight is 318 g/mol. The second kappa shape index (κ2) is 5.85. The van der Waals surface area contributed by atoms with Crippen molar-refractivity contribution in [2.24, 2.45) is 11.7 Å². The topological polar surface area (TPSA) is 81.9 Å². The highest BCUT2D eigenvalue weighted by Crippen LogP contribution is 2.49. The summed E-state index contributed by atoms with van der Waals surface area (Å²) in [6, 6.07) is 7.56. The molecule has 0 saturated carbocycles. The molecule has 0 aromatic heterocycles. The predicted octanol–water partition coefficient (Wildman–Crippen LogP) is 1.25. The summed E-state index contributed by atoms with van der Waals surface area (Å²) in [5, 5.41) is 0. The lowest BCUT2D eigenvalue weighted by Crippen LogP contribution is -2.64. The molecular weight excluding hydrogens is 296 g/mol. The van der Waals surface area contributed by atoms with Gasteiger partial charge in [0.25, 0.3) is 0 Å². The summed E-state index contributed by atoms with van der Waals surface area (Å²) < 4.78 is 11.2. The smallest absolute Gasteiger partial charge is 0.238 e. The van der Waals surface area contributed by atoms with Crippen molar-refractivity contribution in [3.05, 3.63) is 29.8 Å². The van der Waals surface area contributed by atoms with Crippen molar-refractivity contribution >= 4 is 11.8 Å². The van der Waals surface area contributed by atoms with Crippen molar-refractivity contribution in [2.45, 2.75) is 31.4 Å². The van der Waals surface area contributed by atoms with Crippen LogP contribution in [0.5, 0.6) is 5.75 Å². The Bertz CT molecular complexity index is 633. The second-order valence-corrected chi connectivity index (χ2v) is 6.34. The molecule has 2 aliphatic heterocycles. The number of ether oxygens (including phenoxy) is 2. The highest BCUT2D eigenvalue weighted by molar-refractivity contribution is 6.01. The number of nitrogens with zero attached hydrogens (tertiary/aromatic N) is 1. The third-order valence-corrected chi connectivity index (χ3v) is 4.79. The number of nitrogens with two attached hydrogens (primary N) is 1. The number of hydrogen-bond acceptors (Lipinski definition) is 4. The van der Waals surface area contributed by atoms with Crippen molar-refractivity contribution in [1.82, 2.24) is 4.90 Å². The summed E-state index contributed by atoms with van der Waals surface area (Å²) in [6.07, 6.45) is 1.25. The Morgan fingerprint density at radius 1 is 1.48 bits per heavy atom. The standard InChI is InChI=1S/C17H22N2O4/c1-17-10-12(11-6-3-4-7-13(11)23-17)14(15(18)20)16(21)19(17)8-5-9-22-2/h3-4,6-7,12,14H,5,8-10H2,1-2H3,(H2,18,20)/t12-,14-,17+/m0/s1. The maximum atomic E-state index is 12.9. The van der Waals surface area contributed by atoms with Crippen molar-refractivity contribution in [1.29, 1.82) is 0 Å². The molecule has 2 amide bonds. The van der Waals surface area contributed by atoms with Crippen LogP contribution >= 0.6 is 0 Å². The lowest BCUT2D eigenvalue weighted by Gasteiger charge is -2.52. The molecule has 3 rings (SSSR count). The number of primary amides is 1. The highest BCUT2D eigenvalue weighted by Gasteiger charge is 2.55.